The zero-order valence-corrected chi connectivity index (χ0v) is 18.5. The molecule has 0 aromatic heterocycles. The van der Waals surface area contributed by atoms with Crippen LogP contribution in [0.1, 0.15) is 22.3 Å². The second-order valence-corrected chi connectivity index (χ2v) is 12.2. The summed E-state index contributed by atoms with van der Waals surface area (Å²) >= 11 is 0. The summed E-state index contributed by atoms with van der Waals surface area (Å²) in [5, 5.41) is 0. The number of hydrogen-bond donors (Lipinski definition) is 0. The van der Waals surface area contributed by atoms with Crippen LogP contribution in [0.4, 0.5) is 17.6 Å². The van der Waals surface area contributed by atoms with Crippen molar-refractivity contribution in [2.45, 2.75) is 46.7 Å². The predicted octanol–water partition coefficient (Wildman–Crippen LogP) is 6.40. The van der Waals surface area contributed by atoms with Crippen molar-refractivity contribution in [2.24, 2.45) is 0 Å². The van der Waals surface area contributed by atoms with Gasteiger partial charge in [-0.05, 0) is 61.4 Å². The highest BCUT2D eigenvalue weighted by Crippen LogP contribution is 2.22. The Labute approximate surface area is 176 Å². The summed E-state index contributed by atoms with van der Waals surface area (Å²) in [5.41, 5.74) is 5.07. The van der Waals surface area contributed by atoms with Gasteiger partial charge in [-0.15, -0.1) is 12.0 Å². The maximum atomic E-state index is 12.2. The first-order chi connectivity index (χ1) is 13.9. The monoisotopic (exact) mass is 436 g/mol. The average molecular weight is 437 g/mol. The maximum absolute atomic E-state index is 12.2. The normalized spacial score (nSPS) is 10.5. The van der Waals surface area contributed by atoms with E-state index in [2.05, 4.69) is 46.5 Å². The van der Waals surface area contributed by atoms with Crippen molar-refractivity contribution in [2.75, 3.05) is 0 Å². The first-order valence-electron chi connectivity index (χ1n) is 9.02. The van der Waals surface area contributed by atoms with Gasteiger partial charge >= 0.3 is 13.2 Å². The van der Waals surface area contributed by atoms with Crippen LogP contribution in [0, 0.1) is 37.7 Å². The smallest absolute Gasteiger partial charge is 0.387 e. The molecule has 30 heavy (non-hydrogen) atoms. The number of benzene rings is 2. The Morgan fingerprint density at radius 1 is 0.767 bits per heavy atom. The molecule has 2 rings (SSSR count). The van der Waals surface area contributed by atoms with Crippen LogP contribution < -0.4 is 9.47 Å². The van der Waals surface area contributed by atoms with Crippen molar-refractivity contribution in [3.8, 4) is 35.3 Å². The molecular formula is C23H24F4O2Si. The third-order valence-corrected chi connectivity index (χ3v) is 4.43. The number of terminal acetylenes is 1. The summed E-state index contributed by atoms with van der Waals surface area (Å²) in [7, 11) is -1.10. The van der Waals surface area contributed by atoms with Crippen LogP contribution in [0.25, 0.3) is 0 Å². The highest BCUT2D eigenvalue weighted by Gasteiger charge is 2.08. The van der Waals surface area contributed by atoms with Gasteiger partial charge in [0.1, 0.15) is 19.6 Å². The van der Waals surface area contributed by atoms with Crippen LogP contribution in [-0.4, -0.2) is 21.3 Å². The van der Waals surface area contributed by atoms with E-state index in [0.29, 0.717) is 22.3 Å². The summed E-state index contributed by atoms with van der Waals surface area (Å²) < 4.78 is 57.6. The molecule has 2 nitrogen and oxygen atoms in total. The zero-order valence-electron chi connectivity index (χ0n) is 17.5. The third kappa shape index (κ3) is 9.53. The fourth-order valence-electron chi connectivity index (χ4n) is 2.06. The van der Waals surface area contributed by atoms with E-state index in [1.54, 1.807) is 38.1 Å². The third-order valence-electron chi connectivity index (χ3n) is 3.57. The largest absolute Gasteiger partial charge is 0.435 e. The van der Waals surface area contributed by atoms with Crippen molar-refractivity contribution in [3.05, 3.63) is 58.7 Å². The highest BCUT2D eigenvalue weighted by atomic mass is 28.3. The number of ether oxygens (including phenoxy) is 2. The number of rotatable bonds is 4. The molecule has 160 valence electrons. The molecule has 0 atom stereocenters. The Morgan fingerprint density at radius 2 is 1.10 bits per heavy atom. The molecule has 7 heteroatoms. The van der Waals surface area contributed by atoms with Gasteiger partial charge in [0, 0.05) is 11.1 Å². The molecule has 0 aliphatic carbocycles. The van der Waals surface area contributed by atoms with Gasteiger partial charge in [0.25, 0.3) is 0 Å². The summed E-state index contributed by atoms with van der Waals surface area (Å²) in [6.07, 6.45) is 5.12. The Balaban J connectivity index is 0.000000656. The second-order valence-electron chi connectivity index (χ2n) is 7.36. The molecule has 0 N–H and O–H groups in total. The zero-order chi connectivity index (χ0) is 22.9. The van der Waals surface area contributed by atoms with Crippen molar-refractivity contribution in [1.29, 1.82) is 0 Å². The molecule has 0 fully saturated rings. The van der Waals surface area contributed by atoms with E-state index in [4.69, 9.17) is 6.42 Å². The van der Waals surface area contributed by atoms with E-state index in [1.807, 2.05) is 0 Å². The van der Waals surface area contributed by atoms with Crippen LogP contribution in [0.2, 0.25) is 19.6 Å². The minimum atomic E-state index is -2.88. The van der Waals surface area contributed by atoms with Gasteiger partial charge in [0.15, 0.2) is 0 Å². The number of halogens is 4. The molecule has 0 aliphatic heterocycles. The van der Waals surface area contributed by atoms with Gasteiger partial charge in [0.05, 0.1) is 0 Å². The van der Waals surface area contributed by atoms with E-state index >= 15 is 0 Å². The van der Waals surface area contributed by atoms with Gasteiger partial charge in [-0.1, -0.05) is 31.5 Å². The Hall–Kier alpha value is -2.90. The van der Waals surface area contributed by atoms with E-state index in [-0.39, 0.29) is 11.5 Å². The lowest BCUT2D eigenvalue weighted by molar-refractivity contribution is -0.0509. The summed E-state index contributed by atoms with van der Waals surface area (Å²) in [6, 6.07) is 9.25. The predicted molar refractivity (Wildman–Crippen MR) is 114 cm³/mol. The molecule has 0 saturated heterocycles. The van der Waals surface area contributed by atoms with E-state index in [9.17, 15) is 17.6 Å². The molecule has 0 radical (unpaired) electrons. The fourth-order valence-corrected chi connectivity index (χ4v) is 2.06. The maximum Gasteiger partial charge on any atom is 0.387 e. The summed E-state index contributed by atoms with van der Waals surface area (Å²) in [6.45, 7) is 3.97. The standard InChI is InChI=1S/C18H14F4O2.C5H10Si/c1-11-9-13(5-7-15(11)23-17(19)20)3-4-14-6-8-16(12(2)10-14)24-18(21)22;1-5-6(2,3)4/h5-10,17-18H,1-2H3;1H,2-4H3. The number of alkyl halides is 4. The molecule has 0 aliphatic rings. The number of hydrogen-bond acceptors (Lipinski definition) is 2. The highest BCUT2D eigenvalue weighted by molar-refractivity contribution is 6.83. The van der Waals surface area contributed by atoms with Crippen molar-refractivity contribution in [1.82, 2.24) is 0 Å². The van der Waals surface area contributed by atoms with Crippen LogP contribution in [0.3, 0.4) is 0 Å². The summed E-state index contributed by atoms with van der Waals surface area (Å²) in [5.74, 6) is 5.97. The SMILES string of the molecule is C#C[Si](C)(C)C.Cc1cc(C#Cc2ccc(OC(F)F)c(C)c2)ccc1OC(F)F. The van der Waals surface area contributed by atoms with E-state index in [1.165, 1.54) is 12.1 Å². The van der Waals surface area contributed by atoms with Gasteiger partial charge in [0.2, 0.25) is 0 Å². The minimum absolute atomic E-state index is 0.0971. The van der Waals surface area contributed by atoms with Gasteiger partial charge < -0.3 is 9.47 Å². The quantitative estimate of drug-likeness (QED) is 0.314. The summed E-state index contributed by atoms with van der Waals surface area (Å²) in [4.78, 5) is 0. The van der Waals surface area contributed by atoms with E-state index in [0.717, 1.165) is 0 Å². The fraction of sp³-hybridized carbons (Fsp3) is 0.304. The van der Waals surface area contributed by atoms with Gasteiger partial charge in [-0.3, -0.25) is 0 Å². The Bertz CT molecular complexity index is 885. The molecule has 2 aromatic rings. The second kappa shape index (κ2) is 11.3. The molecule has 0 bridgehead atoms. The van der Waals surface area contributed by atoms with Crippen molar-refractivity contribution < 1.29 is 27.0 Å². The van der Waals surface area contributed by atoms with Crippen LogP contribution >= 0.6 is 0 Å². The minimum Gasteiger partial charge on any atom is -0.435 e. The first kappa shape index (κ1) is 25.1. The molecular weight excluding hydrogens is 412 g/mol. The van der Waals surface area contributed by atoms with Crippen molar-refractivity contribution in [3.63, 3.8) is 0 Å². The molecule has 0 heterocycles. The molecule has 0 saturated carbocycles. The lowest BCUT2D eigenvalue weighted by atomic mass is 10.1. The Morgan fingerprint density at radius 3 is 1.33 bits per heavy atom. The van der Waals surface area contributed by atoms with E-state index < -0.39 is 21.3 Å². The molecule has 2 aromatic carbocycles. The Kier molecular flexibility index (Phi) is 9.49. The molecule has 0 unspecified atom stereocenters. The molecule has 0 amide bonds. The van der Waals surface area contributed by atoms with Crippen molar-refractivity contribution >= 4 is 8.07 Å². The first-order valence-corrected chi connectivity index (χ1v) is 12.5. The van der Waals surface area contributed by atoms with Crippen LogP contribution in [0.5, 0.6) is 11.5 Å². The lowest BCUT2D eigenvalue weighted by Gasteiger charge is -2.08. The lowest BCUT2D eigenvalue weighted by Crippen LogP contribution is -2.15. The van der Waals surface area contributed by atoms with Crippen LogP contribution in [-0.2, 0) is 0 Å². The number of aryl methyl sites for hydroxylation is 2. The van der Waals surface area contributed by atoms with Gasteiger partial charge in [-0.25, -0.2) is 0 Å². The average Bonchev–Trinajstić information content (AvgIpc) is 2.63. The van der Waals surface area contributed by atoms with Crippen LogP contribution in [0.15, 0.2) is 36.4 Å². The molecule has 0 spiro atoms. The topological polar surface area (TPSA) is 18.5 Å². The van der Waals surface area contributed by atoms with Gasteiger partial charge in [-0.2, -0.15) is 17.6 Å².